The molecule has 0 aliphatic carbocycles. The van der Waals surface area contributed by atoms with Crippen LogP contribution in [-0.2, 0) is 0 Å². The molecule has 0 aliphatic rings. The Morgan fingerprint density at radius 1 is 0.667 bits per heavy atom. The third-order valence-electron chi connectivity index (χ3n) is 5.75. The zero-order chi connectivity index (χ0) is 18.0. The summed E-state index contributed by atoms with van der Waals surface area (Å²) in [4.78, 5) is 0. The fourth-order valence-electron chi connectivity index (χ4n) is 3.42. The largest absolute Gasteiger partial charge is 0.169 e. The third-order valence-corrected chi connectivity index (χ3v) is 5.75. The first kappa shape index (κ1) is 23.8. The number of hydrogen-bond acceptors (Lipinski definition) is 0. The van der Waals surface area contributed by atoms with E-state index in [0.29, 0.717) is 6.71 Å². The topological polar surface area (TPSA) is 0 Å². The van der Waals surface area contributed by atoms with Crippen LogP contribution in [0.1, 0.15) is 124 Å². The number of hydrogen-bond donors (Lipinski definition) is 0. The molecule has 0 rings (SSSR count). The maximum Gasteiger partial charge on any atom is 0.169 e. The Morgan fingerprint density at radius 2 is 1.00 bits per heavy atom. The van der Waals surface area contributed by atoms with E-state index in [9.17, 15) is 0 Å². The van der Waals surface area contributed by atoms with Crippen LogP contribution in [0.3, 0.4) is 0 Å². The Labute approximate surface area is 155 Å². The summed E-state index contributed by atoms with van der Waals surface area (Å²) in [5.41, 5.74) is 1.47. The molecule has 0 amide bonds. The maximum absolute atomic E-state index is 4.28. The minimum Gasteiger partial charge on any atom is -0.109 e. The van der Waals surface area contributed by atoms with Gasteiger partial charge in [-0.15, -0.1) is 12.1 Å². The molecule has 142 valence electrons. The molecular formula is C23H47B. The van der Waals surface area contributed by atoms with E-state index < -0.39 is 0 Å². The fourth-order valence-corrected chi connectivity index (χ4v) is 3.42. The van der Waals surface area contributed by atoms with Gasteiger partial charge in [0, 0.05) is 0 Å². The van der Waals surface area contributed by atoms with Crippen molar-refractivity contribution in [2.45, 2.75) is 136 Å². The van der Waals surface area contributed by atoms with E-state index in [0.717, 1.165) is 5.82 Å². The van der Waals surface area contributed by atoms with Crippen LogP contribution in [0, 0.1) is 0 Å². The van der Waals surface area contributed by atoms with Gasteiger partial charge in [0.2, 0.25) is 0 Å². The summed E-state index contributed by atoms with van der Waals surface area (Å²) in [6.07, 6.45) is 22.9. The van der Waals surface area contributed by atoms with Crippen molar-refractivity contribution in [3.63, 3.8) is 0 Å². The van der Waals surface area contributed by atoms with Crippen LogP contribution in [0.25, 0.3) is 0 Å². The van der Waals surface area contributed by atoms with Gasteiger partial charge in [-0.05, 0) is 6.42 Å². The highest BCUT2D eigenvalue weighted by molar-refractivity contribution is 6.66. The summed E-state index contributed by atoms with van der Waals surface area (Å²) in [6, 6.07) is 0. The van der Waals surface area contributed by atoms with Gasteiger partial charge in [0.05, 0.1) is 0 Å². The van der Waals surface area contributed by atoms with E-state index in [1.165, 1.54) is 108 Å². The van der Waals surface area contributed by atoms with Gasteiger partial charge >= 0.3 is 0 Å². The smallest absolute Gasteiger partial charge is 0.109 e. The van der Waals surface area contributed by atoms with Crippen LogP contribution in [0.4, 0.5) is 0 Å². The summed E-state index contributed by atoms with van der Waals surface area (Å²) in [5, 5.41) is 0. The van der Waals surface area contributed by atoms with Crippen LogP contribution < -0.4 is 0 Å². The van der Waals surface area contributed by atoms with Crippen molar-refractivity contribution in [1.82, 2.24) is 0 Å². The zero-order valence-corrected chi connectivity index (χ0v) is 17.7. The predicted molar refractivity (Wildman–Crippen MR) is 115 cm³/mol. The van der Waals surface area contributed by atoms with Crippen LogP contribution in [0.15, 0.2) is 12.1 Å². The monoisotopic (exact) mass is 334 g/mol. The Hall–Kier alpha value is -0.195. The second-order valence-corrected chi connectivity index (χ2v) is 8.39. The van der Waals surface area contributed by atoms with E-state index in [1.807, 2.05) is 0 Å². The average molecular weight is 334 g/mol. The average Bonchev–Trinajstić information content (AvgIpc) is 2.57. The van der Waals surface area contributed by atoms with E-state index >= 15 is 0 Å². The van der Waals surface area contributed by atoms with Crippen molar-refractivity contribution in [1.29, 1.82) is 0 Å². The SMILES string of the molecule is C=C(CCCCCCCCCCCCCCCCC)B(C)C(C)C. The molecule has 0 aromatic heterocycles. The summed E-state index contributed by atoms with van der Waals surface area (Å²) in [6.45, 7) is 14.2. The lowest BCUT2D eigenvalue weighted by Gasteiger charge is -2.15. The van der Waals surface area contributed by atoms with Crippen LogP contribution >= 0.6 is 0 Å². The first-order valence-electron chi connectivity index (χ1n) is 11.3. The maximum atomic E-state index is 4.28. The molecule has 1 heteroatoms. The number of rotatable bonds is 18. The molecule has 0 nitrogen and oxygen atoms in total. The van der Waals surface area contributed by atoms with E-state index in [4.69, 9.17) is 0 Å². The van der Waals surface area contributed by atoms with Gasteiger partial charge < -0.3 is 0 Å². The molecule has 0 saturated carbocycles. The molecule has 0 bridgehead atoms. The molecule has 0 fully saturated rings. The van der Waals surface area contributed by atoms with Crippen molar-refractivity contribution >= 4 is 6.71 Å². The third kappa shape index (κ3) is 15.3. The Bertz CT molecular complexity index is 269. The highest BCUT2D eigenvalue weighted by Gasteiger charge is 2.14. The normalized spacial score (nSPS) is 11.2. The standard InChI is InChI=1S/C23H47B/c1-6-7-8-9-10-11-12-13-14-15-16-17-18-19-20-21-23(4)24(5)22(2)3/h22H,4,6-21H2,1-3,5H3. The van der Waals surface area contributed by atoms with Crippen LogP contribution in [-0.4, -0.2) is 6.71 Å². The molecule has 0 saturated heterocycles. The molecule has 0 heterocycles. The van der Waals surface area contributed by atoms with Gasteiger partial charge in [-0.3, -0.25) is 0 Å². The van der Waals surface area contributed by atoms with Gasteiger partial charge in [-0.2, -0.15) is 0 Å². The molecule has 0 radical (unpaired) electrons. The van der Waals surface area contributed by atoms with Crippen molar-refractivity contribution in [2.24, 2.45) is 0 Å². The zero-order valence-electron chi connectivity index (χ0n) is 17.7. The number of unbranched alkanes of at least 4 members (excludes halogenated alkanes) is 14. The molecule has 0 N–H and O–H groups in total. The molecule has 0 aromatic rings. The molecule has 0 spiro atoms. The molecule has 0 aromatic carbocycles. The molecule has 0 unspecified atom stereocenters. The lowest BCUT2D eigenvalue weighted by Crippen LogP contribution is -2.14. The first-order chi connectivity index (χ1) is 11.6. The Kier molecular flexibility index (Phi) is 17.5. The molecule has 0 aliphatic heterocycles. The van der Waals surface area contributed by atoms with Gasteiger partial charge in [-0.25, -0.2) is 0 Å². The van der Waals surface area contributed by atoms with Gasteiger partial charge in [0.1, 0.15) is 0 Å². The lowest BCUT2D eigenvalue weighted by molar-refractivity contribution is 0.532. The van der Waals surface area contributed by atoms with E-state index in [1.54, 1.807) is 0 Å². The summed E-state index contributed by atoms with van der Waals surface area (Å²) in [5.74, 6) is 0.744. The van der Waals surface area contributed by atoms with E-state index in [2.05, 4.69) is 34.2 Å². The van der Waals surface area contributed by atoms with Crippen molar-refractivity contribution < 1.29 is 0 Å². The second-order valence-electron chi connectivity index (χ2n) is 8.39. The molecular weight excluding hydrogens is 287 g/mol. The first-order valence-corrected chi connectivity index (χ1v) is 11.3. The summed E-state index contributed by atoms with van der Waals surface area (Å²) in [7, 11) is 0. The van der Waals surface area contributed by atoms with Gasteiger partial charge in [-0.1, -0.05) is 130 Å². The minimum absolute atomic E-state index is 0.691. The molecule has 0 atom stereocenters. The molecule has 24 heavy (non-hydrogen) atoms. The second kappa shape index (κ2) is 17.6. The van der Waals surface area contributed by atoms with Crippen LogP contribution in [0.2, 0.25) is 12.6 Å². The van der Waals surface area contributed by atoms with Crippen molar-refractivity contribution in [3.05, 3.63) is 12.1 Å². The lowest BCUT2D eigenvalue weighted by atomic mass is 9.39. The van der Waals surface area contributed by atoms with Crippen molar-refractivity contribution in [2.75, 3.05) is 0 Å². The van der Waals surface area contributed by atoms with Gasteiger partial charge in [0.15, 0.2) is 6.71 Å². The highest BCUT2D eigenvalue weighted by Crippen LogP contribution is 2.20. The van der Waals surface area contributed by atoms with Crippen LogP contribution in [0.5, 0.6) is 0 Å². The van der Waals surface area contributed by atoms with Gasteiger partial charge in [0.25, 0.3) is 0 Å². The fraction of sp³-hybridized carbons (Fsp3) is 0.913. The number of allylic oxidation sites excluding steroid dienone is 1. The predicted octanol–water partition coefficient (Wildman–Crippen LogP) is 8.88. The van der Waals surface area contributed by atoms with Crippen molar-refractivity contribution in [3.8, 4) is 0 Å². The minimum atomic E-state index is 0.691. The Morgan fingerprint density at radius 3 is 1.33 bits per heavy atom. The summed E-state index contributed by atoms with van der Waals surface area (Å²) >= 11 is 0. The highest BCUT2D eigenvalue weighted by atomic mass is 14.0. The Balaban J connectivity index is 3.17. The quantitative estimate of drug-likeness (QED) is 0.173. The van der Waals surface area contributed by atoms with E-state index in [-0.39, 0.29) is 0 Å². The summed E-state index contributed by atoms with van der Waals surface area (Å²) < 4.78 is 0.